The minimum absolute atomic E-state index is 0.0455. The van der Waals surface area contributed by atoms with Gasteiger partial charge in [-0.05, 0) is 57.3 Å². The lowest BCUT2D eigenvalue weighted by Crippen LogP contribution is -2.50. The summed E-state index contributed by atoms with van der Waals surface area (Å²) in [7, 11) is -5.24. The Balaban J connectivity index is 2.32. The van der Waals surface area contributed by atoms with Crippen molar-refractivity contribution in [1.82, 2.24) is 4.90 Å². The molecular weight excluding hydrogens is 417 g/mol. The number of carbonyl (C=O) groups excluding carboxylic acids is 1. The molecule has 0 radical (unpaired) electrons. The maximum atomic E-state index is 13.3. The SMILES string of the molecule is Cc1c(CN=[N+]=[N-])cc(N2CCN(C(=O)OC(C)(C)C)CC2)c(C)c1OS(=O)(=O)F. The van der Waals surface area contributed by atoms with Crippen LogP contribution in [0, 0.1) is 13.8 Å². The zero-order chi connectivity index (χ0) is 22.7. The molecule has 0 aliphatic carbocycles. The third kappa shape index (κ3) is 6.14. The van der Waals surface area contributed by atoms with E-state index in [4.69, 9.17) is 10.3 Å². The van der Waals surface area contributed by atoms with Crippen molar-refractivity contribution < 1.29 is 26.0 Å². The second-order valence-electron chi connectivity index (χ2n) is 7.95. The van der Waals surface area contributed by atoms with Crippen LogP contribution in [0.1, 0.15) is 37.5 Å². The molecule has 1 aromatic carbocycles. The quantitative estimate of drug-likeness (QED) is 0.295. The number of anilines is 1. The molecule has 2 rings (SSSR count). The largest absolute Gasteiger partial charge is 0.488 e. The zero-order valence-corrected chi connectivity index (χ0v) is 18.5. The summed E-state index contributed by atoms with van der Waals surface area (Å²) >= 11 is 0. The first-order chi connectivity index (χ1) is 13.8. The highest BCUT2D eigenvalue weighted by Gasteiger charge is 2.28. The highest BCUT2D eigenvalue weighted by Crippen LogP contribution is 2.36. The van der Waals surface area contributed by atoms with Gasteiger partial charge in [-0.15, -0.1) is 0 Å². The number of rotatable bonds is 5. The summed E-state index contributed by atoms with van der Waals surface area (Å²) in [6.45, 7) is 10.2. The molecule has 0 saturated carbocycles. The molecule has 1 saturated heterocycles. The monoisotopic (exact) mass is 443 g/mol. The number of halogens is 1. The Hall–Kier alpha value is -2.72. The second-order valence-corrected chi connectivity index (χ2v) is 8.91. The number of piperazine rings is 1. The topological polar surface area (TPSA) is 125 Å². The van der Waals surface area contributed by atoms with Crippen LogP contribution in [0.5, 0.6) is 5.75 Å². The predicted molar refractivity (Wildman–Crippen MR) is 109 cm³/mol. The lowest BCUT2D eigenvalue weighted by Gasteiger charge is -2.37. The molecule has 1 amide bonds. The van der Waals surface area contributed by atoms with Gasteiger partial charge in [0.2, 0.25) is 0 Å². The number of hydrogen-bond donors (Lipinski definition) is 0. The molecule has 0 N–H and O–H groups in total. The van der Waals surface area contributed by atoms with E-state index in [-0.39, 0.29) is 12.3 Å². The number of nitrogens with zero attached hydrogens (tertiary/aromatic N) is 5. The Morgan fingerprint density at radius 1 is 1.23 bits per heavy atom. The molecular formula is C18H26FN5O5S. The molecule has 12 heteroatoms. The van der Waals surface area contributed by atoms with Gasteiger partial charge in [-0.3, -0.25) is 0 Å². The molecule has 30 heavy (non-hydrogen) atoms. The summed E-state index contributed by atoms with van der Waals surface area (Å²) in [4.78, 5) is 18.5. The fraction of sp³-hybridized carbons (Fsp3) is 0.611. The standard InChI is InChI=1S/C18H26FN5O5S/c1-12-14(11-21-22-20)10-15(13(2)16(12)29-30(19,26)27)23-6-8-24(9-7-23)17(25)28-18(3,4)5/h10H,6-9,11H2,1-5H3. The van der Waals surface area contributed by atoms with Gasteiger partial charge in [-0.1, -0.05) is 9.00 Å². The molecule has 0 unspecified atom stereocenters. The summed E-state index contributed by atoms with van der Waals surface area (Å²) in [5.74, 6) is -0.132. The third-order valence-electron chi connectivity index (χ3n) is 4.62. The van der Waals surface area contributed by atoms with Gasteiger partial charge in [0.1, 0.15) is 5.60 Å². The van der Waals surface area contributed by atoms with Crippen molar-refractivity contribution >= 4 is 22.3 Å². The van der Waals surface area contributed by atoms with Crippen molar-refractivity contribution in [3.05, 3.63) is 33.2 Å². The summed E-state index contributed by atoms with van der Waals surface area (Å²) in [5.41, 5.74) is 9.96. The average Bonchev–Trinajstić information content (AvgIpc) is 2.62. The Morgan fingerprint density at radius 2 is 1.83 bits per heavy atom. The van der Waals surface area contributed by atoms with Crippen LogP contribution in [0.4, 0.5) is 14.4 Å². The van der Waals surface area contributed by atoms with Crippen LogP contribution in [0.25, 0.3) is 10.4 Å². The van der Waals surface area contributed by atoms with Crippen molar-refractivity contribution in [1.29, 1.82) is 0 Å². The van der Waals surface area contributed by atoms with Gasteiger partial charge in [-0.25, -0.2) is 4.79 Å². The van der Waals surface area contributed by atoms with Gasteiger partial charge in [0, 0.05) is 42.3 Å². The highest BCUT2D eigenvalue weighted by atomic mass is 32.3. The van der Waals surface area contributed by atoms with E-state index in [1.807, 2.05) is 4.90 Å². The van der Waals surface area contributed by atoms with E-state index in [9.17, 15) is 17.1 Å². The van der Waals surface area contributed by atoms with Crippen molar-refractivity contribution in [2.24, 2.45) is 5.11 Å². The molecule has 1 aromatic rings. The minimum Gasteiger partial charge on any atom is -0.444 e. The van der Waals surface area contributed by atoms with Crippen LogP contribution >= 0.6 is 0 Å². The first-order valence-corrected chi connectivity index (χ1v) is 10.6. The van der Waals surface area contributed by atoms with Gasteiger partial charge in [-0.2, -0.15) is 8.42 Å². The normalized spacial score (nSPS) is 14.9. The van der Waals surface area contributed by atoms with E-state index < -0.39 is 22.2 Å². The fourth-order valence-electron chi connectivity index (χ4n) is 3.21. The van der Waals surface area contributed by atoms with Crippen molar-refractivity contribution in [2.45, 2.75) is 46.8 Å². The lowest BCUT2D eigenvalue weighted by molar-refractivity contribution is 0.0240. The van der Waals surface area contributed by atoms with Crippen molar-refractivity contribution in [2.75, 3.05) is 31.1 Å². The van der Waals surface area contributed by atoms with Gasteiger partial charge >= 0.3 is 16.6 Å². The van der Waals surface area contributed by atoms with Crippen LogP contribution < -0.4 is 9.08 Å². The third-order valence-corrected chi connectivity index (χ3v) is 4.98. The molecule has 0 spiro atoms. The van der Waals surface area contributed by atoms with Crippen LogP contribution in [0.3, 0.4) is 0 Å². The maximum Gasteiger partial charge on any atom is 0.488 e. The van der Waals surface area contributed by atoms with E-state index in [0.717, 1.165) is 0 Å². The highest BCUT2D eigenvalue weighted by molar-refractivity contribution is 7.81. The van der Waals surface area contributed by atoms with E-state index in [1.54, 1.807) is 45.6 Å². The lowest BCUT2D eigenvalue weighted by atomic mass is 10.0. The fourth-order valence-corrected chi connectivity index (χ4v) is 3.66. The Kier molecular flexibility index (Phi) is 7.04. The van der Waals surface area contributed by atoms with E-state index >= 15 is 0 Å². The van der Waals surface area contributed by atoms with E-state index in [1.165, 1.54) is 0 Å². The molecule has 166 valence electrons. The van der Waals surface area contributed by atoms with E-state index in [0.29, 0.717) is 48.6 Å². The number of hydrogen-bond acceptors (Lipinski definition) is 7. The van der Waals surface area contributed by atoms with Crippen LogP contribution in [-0.2, 0) is 21.8 Å². The molecule has 1 aliphatic rings. The molecule has 1 fully saturated rings. The van der Waals surface area contributed by atoms with Gasteiger partial charge in [0.15, 0.2) is 5.75 Å². The van der Waals surface area contributed by atoms with Crippen molar-refractivity contribution in [3.63, 3.8) is 0 Å². The summed E-state index contributed by atoms with van der Waals surface area (Å²) < 4.78 is 45.5. The molecule has 0 bridgehead atoms. The number of carbonyl (C=O) groups is 1. The second kappa shape index (κ2) is 8.97. The number of ether oxygens (including phenoxy) is 1. The number of azide groups is 1. The molecule has 10 nitrogen and oxygen atoms in total. The smallest absolute Gasteiger partial charge is 0.444 e. The summed E-state index contributed by atoms with van der Waals surface area (Å²) in [6.07, 6.45) is -0.403. The van der Waals surface area contributed by atoms with Gasteiger partial charge < -0.3 is 18.7 Å². The average molecular weight is 444 g/mol. The van der Waals surface area contributed by atoms with Crippen LogP contribution in [0.2, 0.25) is 0 Å². The molecule has 1 heterocycles. The molecule has 0 atom stereocenters. The Bertz CT molecular complexity index is 962. The number of benzene rings is 1. The first kappa shape index (κ1) is 23.6. The maximum absolute atomic E-state index is 13.3. The van der Waals surface area contributed by atoms with E-state index in [2.05, 4.69) is 14.2 Å². The Labute approximate surface area is 175 Å². The minimum atomic E-state index is -5.24. The number of amides is 1. The van der Waals surface area contributed by atoms with Gasteiger partial charge in [0.25, 0.3) is 0 Å². The predicted octanol–water partition coefficient (Wildman–Crippen LogP) is 3.76. The molecule has 1 aliphatic heterocycles. The van der Waals surface area contributed by atoms with Crippen molar-refractivity contribution in [3.8, 4) is 5.75 Å². The first-order valence-electron chi connectivity index (χ1n) is 9.33. The zero-order valence-electron chi connectivity index (χ0n) is 17.7. The molecule has 0 aromatic heterocycles. The van der Waals surface area contributed by atoms with Crippen LogP contribution in [0.15, 0.2) is 11.2 Å². The summed E-state index contributed by atoms with van der Waals surface area (Å²) in [6, 6.07) is 1.76. The van der Waals surface area contributed by atoms with Gasteiger partial charge in [0.05, 0.1) is 6.54 Å². The van der Waals surface area contributed by atoms with Crippen LogP contribution in [-0.4, -0.2) is 51.2 Å². The summed E-state index contributed by atoms with van der Waals surface area (Å²) in [5, 5.41) is 3.52. The Morgan fingerprint density at radius 3 is 2.33 bits per heavy atom.